The molecule has 4 aromatic rings. The maximum atomic E-state index is 12.9. The summed E-state index contributed by atoms with van der Waals surface area (Å²) in [6.45, 7) is 2.26. The molecule has 0 saturated heterocycles. The summed E-state index contributed by atoms with van der Waals surface area (Å²) in [5, 5.41) is 10.3. The van der Waals surface area contributed by atoms with Crippen LogP contribution < -0.4 is 5.73 Å². The van der Waals surface area contributed by atoms with E-state index in [1.807, 2.05) is 55.5 Å². The van der Waals surface area contributed by atoms with Crippen LogP contribution in [-0.4, -0.2) is 38.5 Å². The van der Waals surface area contributed by atoms with E-state index < -0.39 is 18.7 Å². The molecule has 33 heavy (non-hydrogen) atoms. The molecule has 2 aromatic carbocycles. The number of ether oxygens (including phenoxy) is 1. The highest BCUT2D eigenvalue weighted by Gasteiger charge is 2.38. The second kappa shape index (κ2) is 9.36. The lowest BCUT2D eigenvalue weighted by molar-refractivity contribution is -0.206. The third kappa shape index (κ3) is 4.94. The first-order valence-electron chi connectivity index (χ1n) is 10.7. The Hall–Kier alpha value is -3.17. The van der Waals surface area contributed by atoms with Crippen LogP contribution in [0.4, 0.5) is 19.0 Å². The number of nitrogens with zero attached hydrogens (tertiary/aromatic N) is 3. The molecular weight excluding hydrogens is 433 g/mol. The van der Waals surface area contributed by atoms with Crippen molar-refractivity contribution in [1.82, 2.24) is 14.5 Å². The molecule has 0 aliphatic heterocycles. The Balaban J connectivity index is 1.79. The Morgan fingerprint density at radius 1 is 1.09 bits per heavy atom. The smallest absolute Gasteiger partial charge is 0.384 e. The minimum atomic E-state index is -4.69. The minimum Gasteiger partial charge on any atom is -0.384 e. The summed E-state index contributed by atoms with van der Waals surface area (Å²) in [6, 6.07) is 15.8. The summed E-state index contributed by atoms with van der Waals surface area (Å²) >= 11 is 0. The van der Waals surface area contributed by atoms with E-state index >= 15 is 0 Å². The largest absolute Gasteiger partial charge is 0.414 e. The molecule has 0 radical (unpaired) electrons. The lowest BCUT2D eigenvalue weighted by Crippen LogP contribution is -2.29. The Labute approximate surface area is 188 Å². The highest BCUT2D eigenvalue weighted by Crippen LogP contribution is 2.31. The van der Waals surface area contributed by atoms with Gasteiger partial charge in [0.05, 0.1) is 11.0 Å². The molecule has 4 rings (SSSR count). The number of pyridine rings is 1. The number of rotatable bonds is 8. The highest BCUT2D eigenvalue weighted by atomic mass is 19.4. The lowest BCUT2D eigenvalue weighted by Gasteiger charge is -2.16. The van der Waals surface area contributed by atoms with Gasteiger partial charge in [0.2, 0.25) is 0 Å². The first-order chi connectivity index (χ1) is 15.8. The van der Waals surface area contributed by atoms with Crippen LogP contribution in [-0.2, 0) is 24.3 Å². The van der Waals surface area contributed by atoms with Crippen molar-refractivity contribution >= 4 is 27.8 Å². The zero-order valence-corrected chi connectivity index (χ0v) is 18.1. The molecule has 3 N–H and O–H groups in total. The Morgan fingerprint density at radius 3 is 2.55 bits per heavy atom. The van der Waals surface area contributed by atoms with Crippen LogP contribution in [0, 0.1) is 0 Å². The summed E-state index contributed by atoms with van der Waals surface area (Å²) in [5.74, 6) is 0.637. The molecule has 1 unspecified atom stereocenters. The molecule has 6 nitrogen and oxygen atoms in total. The summed E-state index contributed by atoms with van der Waals surface area (Å²) in [7, 11) is 0. The van der Waals surface area contributed by atoms with Crippen LogP contribution in [0.15, 0.2) is 48.5 Å². The van der Waals surface area contributed by atoms with Gasteiger partial charge in [-0.15, -0.1) is 0 Å². The third-order valence-corrected chi connectivity index (χ3v) is 5.54. The van der Waals surface area contributed by atoms with Crippen molar-refractivity contribution in [3.63, 3.8) is 0 Å². The number of aromatic nitrogens is 3. The van der Waals surface area contributed by atoms with Gasteiger partial charge < -0.3 is 20.1 Å². The van der Waals surface area contributed by atoms with Gasteiger partial charge in [0.15, 0.2) is 11.9 Å². The van der Waals surface area contributed by atoms with Gasteiger partial charge in [0, 0.05) is 25.0 Å². The zero-order valence-electron chi connectivity index (χ0n) is 18.1. The Kier molecular flexibility index (Phi) is 6.53. The fourth-order valence-corrected chi connectivity index (χ4v) is 3.90. The van der Waals surface area contributed by atoms with E-state index in [-0.39, 0.29) is 19.0 Å². The molecule has 0 fully saturated rings. The fraction of sp³-hybridized carbons (Fsp3) is 0.333. The predicted molar refractivity (Wildman–Crippen MR) is 121 cm³/mol. The highest BCUT2D eigenvalue weighted by molar-refractivity contribution is 6.06. The topological polar surface area (TPSA) is 86.2 Å². The third-order valence-electron chi connectivity index (χ3n) is 5.54. The number of anilines is 1. The van der Waals surface area contributed by atoms with Crippen molar-refractivity contribution in [2.75, 3.05) is 12.3 Å². The molecule has 9 heteroatoms. The average molecular weight is 458 g/mol. The predicted octanol–water partition coefficient (Wildman–Crippen LogP) is 4.61. The number of aliphatic hydroxyl groups excluding tert-OH is 1. The van der Waals surface area contributed by atoms with E-state index in [0.717, 1.165) is 16.5 Å². The van der Waals surface area contributed by atoms with Crippen LogP contribution in [0.25, 0.3) is 21.9 Å². The van der Waals surface area contributed by atoms with Crippen molar-refractivity contribution in [2.24, 2.45) is 0 Å². The van der Waals surface area contributed by atoms with Gasteiger partial charge >= 0.3 is 6.18 Å². The number of imidazole rings is 1. The molecule has 0 bridgehead atoms. The van der Waals surface area contributed by atoms with Crippen molar-refractivity contribution in [3.05, 3.63) is 65.5 Å². The number of aliphatic hydroxyl groups is 1. The van der Waals surface area contributed by atoms with Gasteiger partial charge in [0.25, 0.3) is 0 Å². The molecule has 0 amide bonds. The molecule has 0 aliphatic rings. The van der Waals surface area contributed by atoms with Gasteiger partial charge in [0.1, 0.15) is 17.9 Å². The van der Waals surface area contributed by atoms with Crippen molar-refractivity contribution < 1.29 is 23.0 Å². The molecule has 2 heterocycles. The molecule has 174 valence electrons. The maximum absolute atomic E-state index is 12.9. The second-order valence-electron chi connectivity index (χ2n) is 7.87. The first-order valence-corrected chi connectivity index (χ1v) is 10.7. The van der Waals surface area contributed by atoms with E-state index in [1.165, 1.54) is 0 Å². The SMILES string of the molecule is CCOCc1nc2c(N)nc3cc(Cc4ccccc4)ccc3c2n1CCC(O)C(F)(F)F. The van der Waals surface area contributed by atoms with Gasteiger partial charge in [-0.25, -0.2) is 9.97 Å². The summed E-state index contributed by atoms with van der Waals surface area (Å²) < 4.78 is 45.8. The quantitative estimate of drug-likeness (QED) is 0.403. The normalized spacial score (nSPS) is 13.1. The number of nitrogen functional groups attached to an aromatic ring is 1. The van der Waals surface area contributed by atoms with E-state index in [1.54, 1.807) is 4.57 Å². The number of aryl methyl sites for hydroxylation is 1. The molecule has 2 aromatic heterocycles. The number of alkyl halides is 3. The Bertz CT molecular complexity index is 1260. The summed E-state index contributed by atoms with van der Waals surface area (Å²) in [4.78, 5) is 9.02. The molecule has 0 spiro atoms. The second-order valence-corrected chi connectivity index (χ2v) is 7.87. The fourth-order valence-electron chi connectivity index (χ4n) is 3.90. The van der Waals surface area contributed by atoms with Crippen molar-refractivity contribution in [3.8, 4) is 0 Å². The standard InChI is InChI=1S/C24H25F3N4O2/c1-2-33-14-20-30-21-22(31(20)11-10-19(32)24(25,26)27)17-9-8-16(13-18(17)29-23(21)28)12-15-6-4-3-5-7-15/h3-9,13,19,32H,2,10-12,14H2,1H3,(H2,28,29). The summed E-state index contributed by atoms with van der Waals surface area (Å²) in [5.41, 5.74) is 10.0. The first kappa shape index (κ1) is 23.0. The summed E-state index contributed by atoms with van der Waals surface area (Å²) in [6.07, 6.45) is -6.92. The molecule has 0 saturated carbocycles. The molecular formula is C24H25F3N4O2. The number of fused-ring (bicyclic) bond motifs is 3. The maximum Gasteiger partial charge on any atom is 0.414 e. The minimum absolute atomic E-state index is 0.0933. The van der Waals surface area contributed by atoms with E-state index in [4.69, 9.17) is 10.5 Å². The van der Waals surface area contributed by atoms with Crippen molar-refractivity contribution in [2.45, 2.75) is 45.2 Å². The van der Waals surface area contributed by atoms with E-state index in [2.05, 4.69) is 9.97 Å². The van der Waals surface area contributed by atoms with Crippen LogP contribution in [0.2, 0.25) is 0 Å². The number of hydrogen-bond acceptors (Lipinski definition) is 5. The van der Waals surface area contributed by atoms with Gasteiger partial charge in [-0.2, -0.15) is 13.2 Å². The zero-order chi connectivity index (χ0) is 23.6. The molecule has 1 atom stereocenters. The monoisotopic (exact) mass is 458 g/mol. The Morgan fingerprint density at radius 2 is 1.85 bits per heavy atom. The number of nitrogens with two attached hydrogens (primary N) is 1. The number of halogens is 3. The van der Waals surface area contributed by atoms with Crippen LogP contribution in [0.5, 0.6) is 0 Å². The van der Waals surface area contributed by atoms with Crippen LogP contribution in [0.1, 0.15) is 30.3 Å². The lowest BCUT2D eigenvalue weighted by atomic mass is 10.0. The van der Waals surface area contributed by atoms with Crippen LogP contribution >= 0.6 is 0 Å². The average Bonchev–Trinajstić information content (AvgIpc) is 3.15. The van der Waals surface area contributed by atoms with E-state index in [9.17, 15) is 18.3 Å². The number of benzene rings is 2. The van der Waals surface area contributed by atoms with E-state index in [0.29, 0.717) is 35.4 Å². The van der Waals surface area contributed by atoms with Gasteiger partial charge in [-0.3, -0.25) is 0 Å². The molecule has 0 aliphatic carbocycles. The van der Waals surface area contributed by atoms with Gasteiger partial charge in [-0.1, -0.05) is 42.5 Å². The number of hydrogen-bond donors (Lipinski definition) is 2. The van der Waals surface area contributed by atoms with Crippen LogP contribution in [0.3, 0.4) is 0 Å². The van der Waals surface area contributed by atoms with Crippen molar-refractivity contribution in [1.29, 1.82) is 0 Å². The van der Waals surface area contributed by atoms with Gasteiger partial charge in [-0.05, 0) is 30.5 Å².